The molecule has 0 unspecified atom stereocenters. The topological polar surface area (TPSA) is 41.5 Å². The largest absolute Gasteiger partial charge is 0.272 e. The average molecular weight is 369 g/mol. The smallest absolute Gasteiger partial charge is 0.253 e. The van der Waals surface area contributed by atoms with Crippen molar-refractivity contribution in [2.24, 2.45) is 5.10 Å². The summed E-state index contributed by atoms with van der Waals surface area (Å²) in [5, 5.41) is 4.06. The van der Waals surface area contributed by atoms with Gasteiger partial charge in [0.25, 0.3) is 5.91 Å². The average Bonchev–Trinajstić information content (AvgIpc) is 2.60. The SMILES string of the molecule is C/C(=N/NC(=O)[C@@H](C)Sc1ccc(C)cc1)c1ccc(C(C)(C)C)cc1. The van der Waals surface area contributed by atoms with Gasteiger partial charge in [-0.05, 0) is 49.4 Å². The third-order valence-electron chi connectivity index (χ3n) is 4.21. The van der Waals surface area contributed by atoms with Crippen LogP contribution < -0.4 is 5.43 Å². The summed E-state index contributed by atoms with van der Waals surface area (Å²) < 4.78 is 0. The first-order valence-electron chi connectivity index (χ1n) is 8.85. The zero-order valence-electron chi connectivity index (χ0n) is 16.5. The fourth-order valence-corrected chi connectivity index (χ4v) is 3.24. The number of nitrogens with one attached hydrogen (secondary N) is 1. The van der Waals surface area contributed by atoms with Crippen LogP contribution in [0.25, 0.3) is 0 Å². The first-order chi connectivity index (χ1) is 12.2. The van der Waals surface area contributed by atoms with Crippen molar-refractivity contribution < 1.29 is 4.79 Å². The lowest BCUT2D eigenvalue weighted by molar-refractivity contribution is -0.120. The summed E-state index contributed by atoms with van der Waals surface area (Å²) >= 11 is 1.53. The van der Waals surface area contributed by atoms with Gasteiger partial charge in [0, 0.05) is 4.90 Å². The Kier molecular flexibility index (Phi) is 6.65. The molecule has 3 nitrogen and oxygen atoms in total. The number of benzene rings is 2. The van der Waals surface area contributed by atoms with Gasteiger partial charge in [0.05, 0.1) is 11.0 Å². The molecule has 26 heavy (non-hydrogen) atoms. The molecule has 0 bridgehead atoms. The van der Waals surface area contributed by atoms with E-state index in [0.717, 1.165) is 16.2 Å². The molecule has 0 aliphatic rings. The molecule has 0 radical (unpaired) electrons. The Labute approximate surface area is 161 Å². The van der Waals surface area contributed by atoms with E-state index in [1.807, 2.05) is 26.0 Å². The molecule has 2 aromatic rings. The van der Waals surface area contributed by atoms with Crippen molar-refractivity contribution in [1.29, 1.82) is 0 Å². The molecule has 0 heterocycles. The van der Waals surface area contributed by atoms with Crippen molar-refractivity contribution in [3.8, 4) is 0 Å². The van der Waals surface area contributed by atoms with Crippen LogP contribution in [-0.2, 0) is 10.2 Å². The Morgan fingerprint density at radius 2 is 1.62 bits per heavy atom. The van der Waals surface area contributed by atoms with Gasteiger partial charge in [-0.2, -0.15) is 5.10 Å². The van der Waals surface area contributed by atoms with Gasteiger partial charge in [-0.1, -0.05) is 62.7 Å². The molecular weight excluding hydrogens is 340 g/mol. The first-order valence-corrected chi connectivity index (χ1v) is 9.73. The van der Waals surface area contributed by atoms with Crippen molar-refractivity contribution in [2.75, 3.05) is 0 Å². The minimum absolute atomic E-state index is 0.0961. The molecule has 0 saturated heterocycles. The summed E-state index contributed by atoms with van der Waals surface area (Å²) in [6.07, 6.45) is 0. The Hall–Kier alpha value is -2.07. The van der Waals surface area contributed by atoms with Crippen molar-refractivity contribution in [3.05, 3.63) is 65.2 Å². The molecule has 1 amide bonds. The summed E-state index contributed by atoms with van der Waals surface area (Å²) in [5.74, 6) is -0.0961. The van der Waals surface area contributed by atoms with Gasteiger partial charge in [0.1, 0.15) is 0 Å². The van der Waals surface area contributed by atoms with Crippen LogP contribution in [0.4, 0.5) is 0 Å². The number of rotatable bonds is 5. The van der Waals surface area contributed by atoms with Crippen molar-refractivity contribution in [1.82, 2.24) is 5.43 Å². The molecule has 0 aliphatic heterocycles. The van der Waals surface area contributed by atoms with Gasteiger partial charge < -0.3 is 0 Å². The molecule has 0 spiro atoms. The molecule has 138 valence electrons. The fourth-order valence-electron chi connectivity index (χ4n) is 2.38. The van der Waals surface area contributed by atoms with Crippen LogP contribution in [0.3, 0.4) is 0 Å². The van der Waals surface area contributed by atoms with Crippen LogP contribution in [0.2, 0.25) is 0 Å². The van der Waals surface area contributed by atoms with E-state index in [1.54, 1.807) is 0 Å². The van der Waals surface area contributed by atoms with Crippen molar-refractivity contribution in [2.45, 2.75) is 57.1 Å². The second kappa shape index (κ2) is 8.54. The molecule has 2 rings (SSSR count). The fraction of sp³-hybridized carbons (Fsp3) is 0.364. The number of carbonyl (C=O) groups is 1. The van der Waals surface area contributed by atoms with Crippen LogP contribution in [-0.4, -0.2) is 16.9 Å². The van der Waals surface area contributed by atoms with Crippen LogP contribution in [0, 0.1) is 6.92 Å². The van der Waals surface area contributed by atoms with Gasteiger partial charge in [0.15, 0.2) is 0 Å². The number of carbonyl (C=O) groups excluding carboxylic acids is 1. The summed E-state index contributed by atoms with van der Waals surface area (Å²) in [4.78, 5) is 13.4. The van der Waals surface area contributed by atoms with Gasteiger partial charge in [-0.25, -0.2) is 5.43 Å². The van der Waals surface area contributed by atoms with Crippen molar-refractivity contribution in [3.63, 3.8) is 0 Å². The molecule has 1 N–H and O–H groups in total. The number of thioether (sulfide) groups is 1. The van der Waals surface area contributed by atoms with Gasteiger partial charge in [0.2, 0.25) is 0 Å². The third-order valence-corrected chi connectivity index (χ3v) is 5.32. The molecule has 4 heteroatoms. The highest BCUT2D eigenvalue weighted by atomic mass is 32.2. The Morgan fingerprint density at radius 1 is 1.04 bits per heavy atom. The minimum atomic E-state index is -0.211. The summed E-state index contributed by atoms with van der Waals surface area (Å²) in [6.45, 7) is 12.4. The maximum Gasteiger partial charge on any atom is 0.253 e. The summed E-state index contributed by atoms with van der Waals surface area (Å²) in [6, 6.07) is 16.5. The first kappa shape index (κ1) is 20.2. The number of hydrazone groups is 1. The van der Waals surface area contributed by atoms with Gasteiger partial charge >= 0.3 is 0 Å². The quantitative estimate of drug-likeness (QED) is 0.441. The molecule has 2 aromatic carbocycles. The number of hydrogen-bond donors (Lipinski definition) is 1. The van der Waals surface area contributed by atoms with Crippen molar-refractivity contribution >= 4 is 23.4 Å². The predicted octanol–water partition coefficient (Wildman–Crippen LogP) is 5.31. The molecule has 0 fully saturated rings. The molecular formula is C22H28N2OS. The Bertz CT molecular complexity index is 771. The maximum atomic E-state index is 12.3. The van der Waals surface area contributed by atoms with E-state index in [0.29, 0.717) is 0 Å². The van der Waals surface area contributed by atoms with Gasteiger partial charge in [-0.3, -0.25) is 4.79 Å². The maximum absolute atomic E-state index is 12.3. The number of aryl methyl sites for hydroxylation is 1. The van der Waals surface area contributed by atoms with E-state index in [2.05, 4.69) is 74.6 Å². The van der Waals surface area contributed by atoms with E-state index in [-0.39, 0.29) is 16.6 Å². The summed E-state index contributed by atoms with van der Waals surface area (Å²) in [5.41, 5.74) is 7.11. The lowest BCUT2D eigenvalue weighted by Gasteiger charge is -2.19. The minimum Gasteiger partial charge on any atom is -0.272 e. The van der Waals surface area contributed by atoms with Gasteiger partial charge in [-0.15, -0.1) is 11.8 Å². The standard InChI is InChI=1S/C22H28N2OS/c1-15-7-13-20(14-8-15)26-17(3)21(25)24-23-16(2)18-9-11-19(12-10-18)22(4,5)6/h7-14,17H,1-6H3,(H,24,25)/b23-16-/t17-/m1/s1. The monoisotopic (exact) mass is 368 g/mol. The highest BCUT2D eigenvalue weighted by Crippen LogP contribution is 2.24. The Balaban J connectivity index is 1.96. The highest BCUT2D eigenvalue weighted by molar-refractivity contribution is 8.00. The summed E-state index contributed by atoms with van der Waals surface area (Å²) in [7, 11) is 0. The number of amides is 1. The molecule has 0 saturated carbocycles. The highest BCUT2D eigenvalue weighted by Gasteiger charge is 2.15. The number of nitrogens with zero attached hydrogens (tertiary/aromatic N) is 1. The zero-order chi connectivity index (χ0) is 19.3. The lowest BCUT2D eigenvalue weighted by Crippen LogP contribution is -2.27. The lowest BCUT2D eigenvalue weighted by atomic mass is 9.86. The third kappa shape index (κ3) is 5.73. The van der Waals surface area contributed by atoms with Crippen LogP contribution in [0.15, 0.2) is 58.5 Å². The molecule has 1 atom stereocenters. The van der Waals surface area contributed by atoms with E-state index in [9.17, 15) is 4.79 Å². The van der Waals surface area contributed by atoms with Crippen LogP contribution >= 0.6 is 11.8 Å². The molecule has 0 aliphatic carbocycles. The van der Waals surface area contributed by atoms with Crippen LogP contribution in [0.5, 0.6) is 0 Å². The van der Waals surface area contributed by atoms with E-state index >= 15 is 0 Å². The molecule has 0 aromatic heterocycles. The zero-order valence-corrected chi connectivity index (χ0v) is 17.3. The number of hydrogen-bond acceptors (Lipinski definition) is 3. The van der Waals surface area contributed by atoms with Crippen LogP contribution in [0.1, 0.15) is 51.3 Å². The second-order valence-electron chi connectivity index (χ2n) is 7.57. The Morgan fingerprint density at radius 3 is 2.15 bits per heavy atom. The predicted molar refractivity (Wildman–Crippen MR) is 112 cm³/mol. The second-order valence-corrected chi connectivity index (χ2v) is 8.99. The van der Waals surface area contributed by atoms with E-state index in [4.69, 9.17) is 0 Å². The normalized spacial score (nSPS) is 13.4. The van der Waals surface area contributed by atoms with E-state index in [1.165, 1.54) is 22.9 Å². The van der Waals surface area contributed by atoms with E-state index < -0.39 is 0 Å².